The fraction of sp³-hybridized carbons (Fsp3) is 0.727. The molecule has 0 unspecified atom stereocenters. The van der Waals surface area contributed by atoms with Gasteiger partial charge in [-0.25, -0.2) is 0 Å². The molecule has 0 aliphatic carbocycles. The highest BCUT2D eigenvalue weighted by Crippen LogP contribution is 2.00. The molecule has 0 bridgehead atoms. The van der Waals surface area contributed by atoms with Gasteiger partial charge in [0.2, 0.25) is 0 Å². The van der Waals surface area contributed by atoms with Crippen LogP contribution in [0, 0.1) is 0 Å². The van der Waals surface area contributed by atoms with Gasteiger partial charge in [-0.05, 0) is 19.3 Å². The van der Waals surface area contributed by atoms with Gasteiger partial charge in [0.1, 0.15) is 0 Å². The third-order valence-electron chi connectivity index (χ3n) is 1.72. The maximum atomic E-state index is 10.4. The summed E-state index contributed by atoms with van der Waals surface area (Å²) in [7, 11) is 0. The Hall–Kier alpha value is -0.830. The minimum Gasteiger partial charge on any atom is -0.466 e. The average Bonchev–Trinajstić information content (AvgIpc) is 2.15. The van der Waals surface area contributed by atoms with Crippen molar-refractivity contribution in [3.8, 4) is 0 Å². The predicted molar refractivity (Wildman–Crippen MR) is 56.1 cm³/mol. The van der Waals surface area contributed by atoms with Crippen LogP contribution in [0.4, 0.5) is 0 Å². The van der Waals surface area contributed by atoms with Gasteiger partial charge in [-0.3, -0.25) is 4.79 Å². The molecule has 0 fully saturated rings. The Morgan fingerprint density at radius 2 is 1.86 bits per heavy atom. The van der Waals surface area contributed by atoms with Crippen LogP contribution in [0.3, 0.4) is 0 Å². The first kappa shape index (κ1) is 13.2. The molecule has 0 saturated carbocycles. The predicted octanol–water partition coefficient (Wildman–Crippen LogP) is 2.31. The van der Waals surface area contributed by atoms with Crippen molar-refractivity contribution in [1.29, 1.82) is 0 Å². The van der Waals surface area contributed by atoms with E-state index in [1.54, 1.807) is 6.08 Å². The van der Waals surface area contributed by atoms with Crippen molar-refractivity contribution in [3.05, 3.63) is 12.7 Å². The Labute approximate surface area is 86.1 Å². The van der Waals surface area contributed by atoms with Gasteiger partial charge in [-0.15, -0.1) is 6.58 Å². The van der Waals surface area contributed by atoms with Gasteiger partial charge in [0.25, 0.3) is 0 Å². The van der Waals surface area contributed by atoms with Crippen molar-refractivity contribution in [1.82, 2.24) is 0 Å². The van der Waals surface area contributed by atoms with Crippen LogP contribution in [0.1, 0.15) is 32.6 Å². The maximum Gasteiger partial charge on any atom is 0.302 e. The lowest BCUT2D eigenvalue weighted by atomic mass is 10.2. The lowest BCUT2D eigenvalue weighted by Crippen LogP contribution is -2.00. The van der Waals surface area contributed by atoms with Crippen LogP contribution < -0.4 is 0 Å². The van der Waals surface area contributed by atoms with E-state index < -0.39 is 0 Å². The van der Waals surface area contributed by atoms with Crippen LogP contribution in [-0.4, -0.2) is 25.8 Å². The quantitative estimate of drug-likeness (QED) is 0.325. The summed E-state index contributed by atoms with van der Waals surface area (Å²) in [4.78, 5) is 10.4. The molecule has 3 heteroatoms. The van der Waals surface area contributed by atoms with Crippen molar-refractivity contribution < 1.29 is 14.3 Å². The van der Waals surface area contributed by atoms with E-state index in [-0.39, 0.29) is 5.97 Å². The smallest absolute Gasteiger partial charge is 0.302 e. The molecule has 0 heterocycles. The molecule has 0 amide bonds. The Kier molecular flexibility index (Phi) is 9.64. The summed E-state index contributed by atoms with van der Waals surface area (Å²) < 4.78 is 10.0. The van der Waals surface area contributed by atoms with E-state index in [1.807, 2.05) is 0 Å². The zero-order valence-corrected chi connectivity index (χ0v) is 8.96. The number of unbranched alkanes of at least 4 members (excludes halogenated alkanes) is 3. The second kappa shape index (κ2) is 10.3. The van der Waals surface area contributed by atoms with E-state index in [0.29, 0.717) is 13.2 Å². The molecular formula is C11H20O3. The van der Waals surface area contributed by atoms with Crippen molar-refractivity contribution >= 4 is 5.97 Å². The third-order valence-corrected chi connectivity index (χ3v) is 1.72. The van der Waals surface area contributed by atoms with Crippen LogP contribution in [0.2, 0.25) is 0 Å². The van der Waals surface area contributed by atoms with Crippen molar-refractivity contribution in [2.45, 2.75) is 32.6 Å². The summed E-state index contributed by atoms with van der Waals surface area (Å²) >= 11 is 0. The molecule has 3 nitrogen and oxygen atoms in total. The SMILES string of the molecule is C=CCOCCCCCCOC(C)=O. The minimum absolute atomic E-state index is 0.195. The van der Waals surface area contributed by atoms with Crippen molar-refractivity contribution in [2.75, 3.05) is 19.8 Å². The molecule has 0 saturated heterocycles. The lowest BCUT2D eigenvalue weighted by Gasteiger charge is -2.02. The van der Waals surface area contributed by atoms with Crippen molar-refractivity contribution in [2.24, 2.45) is 0 Å². The summed E-state index contributed by atoms with van der Waals surface area (Å²) in [5.41, 5.74) is 0. The number of rotatable bonds is 9. The van der Waals surface area contributed by atoms with Gasteiger partial charge in [-0.1, -0.05) is 12.5 Å². The molecule has 0 aromatic rings. The van der Waals surface area contributed by atoms with Crippen LogP contribution in [0.25, 0.3) is 0 Å². The van der Waals surface area contributed by atoms with Gasteiger partial charge in [0, 0.05) is 13.5 Å². The van der Waals surface area contributed by atoms with E-state index in [0.717, 1.165) is 32.3 Å². The first-order chi connectivity index (χ1) is 6.77. The molecule has 0 N–H and O–H groups in total. The van der Waals surface area contributed by atoms with E-state index in [1.165, 1.54) is 6.92 Å². The van der Waals surface area contributed by atoms with Gasteiger partial charge in [0.15, 0.2) is 0 Å². The molecule has 82 valence electrons. The maximum absolute atomic E-state index is 10.4. The van der Waals surface area contributed by atoms with E-state index in [2.05, 4.69) is 6.58 Å². The second-order valence-electron chi connectivity index (χ2n) is 3.12. The summed E-state index contributed by atoms with van der Waals surface area (Å²) in [5.74, 6) is -0.195. The number of hydrogen-bond acceptors (Lipinski definition) is 3. The highest BCUT2D eigenvalue weighted by Gasteiger charge is 1.93. The summed E-state index contributed by atoms with van der Waals surface area (Å²) in [6, 6.07) is 0. The molecule has 0 aromatic heterocycles. The van der Waals surface area contributed by atoms with E-state index >= 15 is 0 Å². The summed E-state index contributed by atoms with van der Waals surface area (Å²) in [6.07, 6.45) is 5.97. The first-order valence-electron chi connectivity index (χ1n) is 5.09. The van der Waals surface area contributed by atoms with E-state index in [4.69, 9.17) is 9.47 Å². The molecule has 0 aliphatic heterocycles. The fourth-order valence-electron chi connectivity index (χ4n) is 1.04. The molecular weight excluding hydrogens is 180 g/mol. The lowest BCUT2D eigenvalue weighted by molar-refractivity contribution is -0.141. The van der Waals surface area contributed by atoms with Gasteiger partial charge in [0.05, 0.1) is 13.2 Å². The monoisotopic (exact) mass is 200 g/mol. The zero-order valence-electron chi connectivity index (χ0n) is 8.96. The molecule has 14 heavy (non-hydrogen) atoms. The third kappa shape index (κ3) is 11.2. The average molecular weight is 200 g/mol. The first-order valence-corrected chi connectivity index (χ1v) is 5.09. The standard InChI is InChI=1S/C11H20O3/c1-3-8-13-9-6-4-5-7-10-14-11(2)12/h3H,1,4-10H2,2H3. The van der Waals surface area contributed by atoms with Crippen LogP contribution >= 0.6 is 0 Å². The normalized spacial score (nSPS) is 9.79. The van der Waals surface area contributed by atoms with Gasteiger partial charge >= 0.3 is 5.97 Å². The molecule has 0 atom stereocenters. The van der Waals surface area contributed by atoms with Crippen molar-refractivity contribution in [3.63, 3.8) is 0 Å². The van der Waals surface area contributed by atoms with Crippen LogP contribution in [-0.2, 0) is 14.3 Å². The molecule has 0 aliphatic rings. The number of carbonyl (C=O) groups excluding carboxylic acids is 1. The Balaban J connectivity index is 2.92. The summed E-state index contributed by atoms with van der Waals surface area (Å²) in [6.45, 7) is 6.96. The number of hydrogen-bond donors (Lipinski definition) is 0. The number of ether oxygens (including phenoxy) is 2. The Morgan fingerprint density at radius 1 is 1.21 bits per heavy atom. The number of esters is 1. The second-order valence-corrected chi connectivity index (χ2v) is 3.12. The molecule has 0 aromatic carbocycles. The fourth-order valence-corrected chi connectivity index (χ4v) is 1.04. The zero-order chi connectivity index (χ0) is 10.6. The summed E-state index contributed by atoms with van der Waals surface area (Å²) in [5, 5.41) is 0. The molecule has 0 spiro atoms. The highest BCUT2D eigenvalue weighted by atomic mass is 16.5. The minimum atomic E-state index is -0.195. The van der Waals surface area contributed by atoms with Gasteiger partial charge in [-0.2, -0.15) is 0 Å². The molecule has 0 rings (SSSR count). The molecule has 0 radical (unpaired) electrons. The topological polar surface area (TPSA) is 35.5 Å². The van der Waals surface area contributed by atoms with Crippen LogP contribution in [0.5, 0.6) is 0 Å². The Bertz CT molecular complexity index is 155. The van der Waals surface area contributed by atoms with Gasteiger partial charge < -0.3 is 9.47 Å². The largest absolute Gasteiger partial charge is 0.466 e. The number of carbonyl (C=O) groups is 1. The van der Waals surface area contributed by atoms with Crippen LogP contribution in [0.15, 0.2) is 12.7 Å². The van der Waals surface area contributed by atoms with E-state index in [9.17, 15) is 4.79 Å². The highest BCUT2D eigenvalue weighted by molar-refractivity contribution is 5.65. The Morgan fingerprint density at radius 3 is 2.43 bits per heavy atom.